The van der Waals surface area contributed by atoms with Crippen molar-refractivity contribution in [3.63, 3.8) is 0 Å². The van der Waals surface area contributed by atoms with Crippen molar-refractivity contribution in [2.24, 2.45) is 15.9 Å². The molecule has 0 bridgehead atoms. The van der Waals surface area contributed by atoms with Gasteiger partial charge in [0, 0.05) is 47.6 Å². The first-order valence-electron chi connectivity index (χ1n) is 22.0. The average Bonchev–Trinajstić information content (AvgIpc) is 3.97. The summed E-state index contributed by atoms with van der Waals surface area (Å²) >= 11 is 0. The molecule has 8 atom stereocenters. The third-order valence-electron chi connectivity index (χ3n) is 13.9. The van der Waals surface area contributed by atoms with E-state index in [-0.39, 0.29) is 48.6 Å². The van der Waals surface area contributed by atoms with Gasteiger partial charge in [-0.05, 0) is 85.6 Å². The van der Waals surface area contributed by atoms with E-state index in [4.69, 9.17) is 9.47 Å². The molecule has 17 nitrogen and oxygen atoms in total. The smallest absolute Gasteiger partial charge is 0.355 e. The molecule has 2 fully saturated rings. The molecule has 17 heteroatoms. The minimum absolute atomic E-state index is 0.00621. The van der Waals surface area contributed by atoms with E-state index in [2.05, 4.69) is 9.98 Å². The molecule has 0 unspecified atom stereocenters. The van der Waals surface area contributed by atoms with Gasteiger partial charge in [-0.25, -0.2) is 4.79 Å². The molecule has 0 aromatic heterocycles. The zero-order valence-corrected chi connectivity index (χ0v) is 35.8. The maximum absolute atomic E-state index is 15.1. The van der Waals surface area contributed by atoms with Crippen LogP contribution < -0.4 is 9.64 Å². The number of carbonyl (C=O) groups is 2. The molecule has 10 N–H and O–H groups in total. The number of carboxylic acids is 1. The summed E-state index contributed by atoms with van der Waals surface area (Å²) in [6.07, 6.45) is 1.20. The van der Waals surface area contributed by atoms with Gasteiger partial charge in [-0.1, -0.05) is 56.0 Å². The predicted molar refractivity (Wildman–Crippen MR) is 236 cm³/mol. The lowest BCUT2D eigenvalue weighted by atomic mass is 9.56. The molecule has 1 amide bonds. The molecular weight excluding hydrogens is 843 g/mol. The molecule has 8 rings (SSSR count). The molecule has 0 radical (unpaired) electrons. The van der Waals surface area contributed by atoms with Crippen LogP contribution in [-0.4, -0.2) is 130 Å². The van der Waals surface area contributed by atoms with E-state index in [0.717, 1.165) is 41.7 Å². The fourth-order valence-electron chi connectivity index (χ4n) is 11.0. The predicted octanol–water partition coefficient (Wildman–Crippen LogP) is 3.31. The Kier molecular flexibility index (Phi) is 12.7. The number of ether oxygens (including phenoxy) is 2. The number of aliphatic carboxylic acids is 1. The Labute approximate surface area is 374 Å². The molecule has 3 heterocycles. The van der Waals surface area contributed by atoms with Crippen molar-refractivity contribution in [2.45, 2.75) is 112 Å². The third kappa shape index (κ3) is 7.77. The highest BCUT2D eigenvalue weighted by Crippen LogP contribution is 2.67. The lowest BCUT2D eigenvalue weighted by molar-refractivity contribution is -0.422. The molecule has 3 aromatic rings. The monoisotopic (exact) mass is 897 g/mol. The summed E-state index contributed by atoms with van der Waals surface area (Å²) in [4.78, 5) is 39.4. The number of carbonyl (C=O) groups excluding carboxylic acids is 1. The zero-order valence-electron chi connectivity index (χ0n) is 35.8. The number of hydrogen-bond acceptors (Lipinski definition) is 15. The van der Waals surface area contributed by atoms with Crippen molar-refractivity contribution < 1.29 is 70.1 Å². The second-order valence-electron chi connectivity index (χ2n) is 17.5. The summed E-state index contributed by atoms with van der Waals surface area (Å²) in [6.45, 7) is 1.13. The van der Waals surface area contributed by atoms with Crippen molar-refractivity contribution >= 4 is 35.1 Å². The van der Waals surface area contributed by atoms with Crippen LogP contribution in [0.3, 0.4) is 0 Å². The maximum atomic E-state index is 15.1. The summed E-state index contributed by atoms with van der Waals surface area (Å²) in [5.41, 5.74) is 0.899. The van der Waals surface area contributed by atoms with Crippen molar-refractivity contribution in [2.75, 3.05) is 24.8 Å². The Balaban J connectivity index is 1.29. The largest absolute Gasteiger partial charge is 0.508 e. The number of anilines is 1. The first-order chi connectivity index (χ1) is 31.1. The van der Waals surface area contributed by atoms with Gasteiger partial charge in [0.1, 0.15) is 36.5 Å². The van der Waals surface area contributed by atoms with E-state index in [1.54, 1.807) is 36.4 Å². The van der Waals surface area contributed by atoms with Gasteiger partial charge in [-0.3, -0.25) is 19.7 Å². The molecule has 0 spiro atoms. The van der Waals surface area contributed by atoms with Crippen molar-refractivity contribution in [3.8, 4) is 23.0 Å². The van der Waals surface area contributed by atoms with Gasteiger partial charge in [0.15, 0.2) is 23.1 Å². The quantitative estimate of drug-likeness (QED) is 0.0632. The Morgan fingerprint density at radius 2 is 1.65 bits per heavy atom. The standard InChI is InChI=1S/C48H55N3O14/c1-2-31-32(50-25-49-31)20-28-19-26(12-14-34(28)54)13-15-39(57)51-33-22-37(64-48(63)44(60)43(59)42(58)38(24-53)65-48)36(56)21-29(33)41-40(27(9-8-18-52)23-47(41,51)45(61)62)46(16-6-3-7-17-46)30-10-4-5-11-35(30)55/h4-5,10-15,19,21-23,38,40-44,52-56,58-60,63H,2-3,6-9,16-18,20,24-25H2,1H3,(H,61,62)/b15-13-/t38-,40-,41+,42-,43+,44-,47-,48+/m1/s1. The van der Waals surface area contributed by atoms with Crippen LogP contribution in [0.25, 0.3) is 6.08 Å². The summed E-state index contributed by atoms with van der Waals surface area (Å²) in [5, 5.41) is 109. The van der Waals surface area contributed by atoms with Crippen LogP contribution in [0.4, 0.5) is 5.69 Å². The first kappa shape index (κ1) is 45.9. The normalized spacial score (nSPS) is 29.3. The van der Waals surface area contributed by atoms with E-state index in [1.165, 1.54) is 24.3 Å². The highest BCUT2D eigenvalue weighted by molar-refractivity contribution is 6.43. The topological polar surface area (TPSA) is 283 Å². The highest BCUT2D eigenvalue weighted by atomic mass is 16.8. The van der Waals surface area contributed by atoms with Crippen LogP contribution in [0, 0.1) is 5.92 Å². The van der Waals surface area contributed by atoms with E-state index >= 15 is 4.79 Å². The molecule has 2 aliphatic carbocycles. The fraction of sp³-hybridized carbons (Fsp3) is 0.458. The number of allylic oxidation sites excluding steroid dienone is 1. The highest BCUT2D eigenvalue weighted by Gasteiger charge is 2.68. The number of carboxylic acid groups (broad SMARTS) is 1. The number of amides is 1. The van der Waals surface area contributed by atoms with Crippen molar-refractivity contribution in [3.05, 3.63) is 94.6 Å². The first-order valence-corrected chi connectivity index (χ1v) is 22.0. The van der Waals surface area contributed by atoms with Gasteiger partial charge in [-0.15, -0.1) is 0 Å². The van der Waals surface area contributed by atoms with Crippen LogP contribution in [0.15, 0.2) is 82.3 Å². The van der Waals surface area contributed by atoms with Gasteiger partial charge in [0.05, 0.1) is 23.7 Å². The Bertz CT molecular complexity index is 2460. The molecule has 346 valence electrons. The number of phenolic OH excluding ortho intramolecular Hbond substituents is 3. The number of aliphatic imine (C=N–C) groups is 2. The van der Waals surface area contributed by atoms with Crippen LogP contribution in [0.5, 0.6) is 23.0 Å². The summed E-state index contributed by atoms with van der Waals surface area (Å²) < 4.78 is 11.0. The van der Waals surface area contributed by atoms with Gasteiger partial charge in [0.2, 0.25) is 0 Å². The Hall–Kier alpha value is -5.66. The van der Waals surface area contributed by atoms with Gasteiger partial charge in [-0.2, -0.15) is 0 Å². The third-order valence-corrected chi connectivity index (χ3v) is 13.9. The number of aliphatic hydroxyl groups excluding tert-OH is 5. The minimum Gasteiger partial charge on any atom is -0.508 e. The molecule has 5 aliphatic rings. The minimum atomic E-state index is -3.17. The van der Waals surface area contributed by atoms with Crippen LogP contribution in [0.1, 0.15) is 86.5 Å². The number of hydrogen-bond donors (Lipinski definition) is 10. The molecular formula is C48H55N3O14. The summed E-state index contributed by atoms with van der Waals surface area (Å²) in [7, 11) is 0. The summed E-state index contributed by atoms with van der Waals surface area (Å²) in [6, 6.07) is 14.0. The fourth-order valence-corrected chi connectivity index (χ4v) is 11.0. The number of aliphatic hydroxyl groups is 6. The lowest BCUT2D eigenvalue weighted by Crippen LogP contribution is -2.67. The molecule has 3 aliphatic heterocycles. The van der Waals surface area contributed by atoms with Gasteiger partial charge in [0.25, 0.3) is 5.91 Å². The Morgan fingerprint density at radius 1 is 0.908 bits per heavy atom. The number of phenols is 3. The molecule has 1 saturated heterocycles. The van der Waals surface area contributed by atoms with E-state index in [1.807, 2.05) is 13.0 Å². The second kappa shape index (κ2) is 18.0. The average molecular weight is 898 g/mol. The number of benzene rings is 3. The Morgan fingerprint density at radius 3 is 2.34 bits per heavy atom. The number of aromatic hydroxyl groups is 3. The summed E-state index contributed by atoms with van der Waals surface area (Å²) in [5.74, 6) is -8.52. The number of para-hydroxylation sites is 1. The van der Waals surface area contributed by atoms with Crippen LogP contribution in [0.2, 0.25) is 0 Å². The van der Waals surface area contributed by atoms with Gasteiger partial charge < -0.3 is 60.5 Å². The number of fused-ring (bicyclic) bond motifs is 3. The SMILES string of the molecule is CCC1=NCN=C1Cc1cc(/C=C\C(=O)N2c3cc(O[C@]4(O)O[C@H](CO)[C@@H](O)[C@H](O)[C@H]4O)c(O)cc3[C@H]3[C@H](C4(c5ccccc5O)CCCCC4)C(CCCO)=C[C@]32C(=O)O)ccc1O. The van der Waals surface area contributed by atoms with E-state index < -0.39 is 83.2 Å². The number of rotatable bonds is 14. The van der Waals surface area contributed by atoms with Crippen molar-refractivity contribution in [1.82, 2.24) is 0 Å². The molecule has 1 saturated carbocycles. The van der Waals surface area contributed by atoms with E-state index in [0.29, 0.717) is 48.2 Å². The van der Waals surface area contributed by atoms with E-state index in [9.17, 15) is 55.9 Å². The van der Waals surface area contributed by atoms with Crippen LogP contribution in [-0.2, 0) is 26.2 Å². The second-order valence-corrected chi connectivity index (χ2v) is 17.5. The maximum Gasteiger partial charge on any atom is 0.355 e. The van der Waals surface area contributed by atoms with Crippen LogP contribution >= 0.6 is 0 Å². The van der Waals surface area contributed by atoms with Gasteiger partial charge >= 0.3 is 11.9 Å². The van der Waals surface area contributed by atoms with Crippen molar-refractivity contribution in [1.29, 1.82) is 0 Å². The lowest BCUT2D eigenvalue weighted by Gasteiger charge is -2.47. The molecule has 3 aromatic carbocycles. The molecule has 65 heavy (non-hydrogen) atoms. The number of nitrogens with zero attached hydrogens (tertiary/aromatic N) is 3. The zero-order chi connectivity index (χ0) is 46.4.